The Labute approximate surface area is 156 Å². The molecule has 0 saturated carbocycles. The normalized spacial score (nSPS) is 17.1. The summed E-state index contributed by atoms with van der Waals surface area (Å²) in [5, 5.41) is 10.1. The van der Waals surface area contributed by atoms with Crippen molar-refractivity contribution in [3.8, 4) is 0 Å². The van der Waals surface area contributed by atoms with E-state index in [1.807, 2.05) is 24.3 Å². The van der Waals surface area contributed by atoms with E-state index >= 15 is 0 Å². The van der Waals surface area contributed by atoms with Gasteiger partial charge in [-0.1, -0.05) is 41.6 Å². The number of primary amides is 1. The first kappa shape index (κ1) is 18.2. The molecule has 1 fully saturated rings. The molecule has 1 atom stereocenters. The second kappa shape index (κ2) is 8.69. The van der Waals surface area contributed by atoms with Crippen molar-refractivity contribution >= 4 is 29.3 Å². The molecule has 2 N–H and O–H groups in total. The summed E-state index contributed by atoms with van der Waals surface area (Å²) in [7, 11) is 0. The summed E-state index contributed by atoms with van der Waals surface area (Å²) in [6.07, 6.45) is 3.02. The molecule has 134 valence electrons. The number of nitrogens with zero attached hydrogens (tertiary/aromatic N) is 3. The fourth-order valence-corrected chi connectivity index (χ4v) is 4.03. The second-order valence-corrected chi connectivity index (χ2v) is 7.34. The molecule has 2 heterocycles. The molecule has 1 aliphatic heterocycles. The number of ether oxygens (including phenoxy) is 1. The van der Waals surface area contributed by atoms with Gasteiger partial charge in [-0.3, -0.25) is 4.79 Å². The minimum absolute atomic E-state index is 0.169. The van der Waals surface area contributed by atoms with Gasteiger partial charge < -0.3 is 15.0 Å². The van der Waals surface area contributed by atoms with E-state index < -0.39 is 0 Å². The molecule has 1 amide bonds. The maximum Gasteiger partial charge on any atom is 0.217 e. The molecule has 1 aromatic heterocycles. The maximum absolute atomic E-state index is 11.1. The number of aromatic nitrogens is 3. The molecule has 0 radical (unpaired) electrons. The van der Waals surface area contributed by atoms with E-state index in [2.05, 4.69) is 14.8 Å². The van der Waals surface area contributed by atoms with Crippen molar-refractivity contribution in [3.63, 3.8) is 0 Å². The summed E-state index contributed by atoms with van der Waals surface area (Å²) < 4.78 is 7.80. The molecule has 0 bridgehead atoms. The molecule has 3 rings (SSSR count). The van der Waals surface area contributed by atoms with Gasteiger partial charge in [-0.25, -0.2) is 0 Å². The van der Waals surface area contributed by atoms with Crippen LogP contribution in [0.4, 0.5) is 0 Å². The van der Waals surface area contributed by atoms with Crippen LogP contribution in [0.1, 0.15) is 30.7 Å². The Balaban J connectivity index is 1.74. The van der Waals surface area contributed by atoms with Crippen LogP contribution in [0.25, 0.3) is 0 Å². The number of thioether (sulfide) groups is 1. The molecule has 25 heavy (non-hydrogen) atoms. The zero-order valence-electron chi connectivity index (χ0n) is 13.9. The number of nitrogens with two attached hydrogens (primary N) is 1. The van der Waals surface area contributed by atoms with Crippen LogP contribution in [-0.2, 0) is 28.2 Å². The first-order chi connectivity index (χ1) is 12.1. The fraction of sp³-hybridized carbons (Fsp3) is 0.471. The molecule has 1 saturated heterocycles. The Morgan fingerprint density at radius 3 is 2.96 bits per heavy atom. The highest BCUT2D eigenvalue weighted by atomic mass is 35.5. The number of aryl methyl sites for hydroxylation is 1. The first-order valence-corrected chi connectivity index (χ1v) is 9.68. The minimum atomic E-state index is -0.336. The largest absolute Gasteiger partial charge is 0.376 e. The zero-order chi connectivity index (χ0) is 17.6. The Morgan fingerprint density at radius 1 is 1.40 bits per heavy atom. The summed E-state index contributed by atoms with van der Waals surface area (Å²) in [6.45, 7) is 1.50. The average Bonchev–Trinajstić information content (AvgIpc) is 3.23. The van der Waals surface area contributed by atoms with Crippen LogP contribution in [-0.4, -0.2) is 33.4 Å². The summed E-state index contributed by atoms with van der Waals surface area (Å²) in [5.74, 6) is 1.15. The van der Waals surface area contributed by atoms with Crippen molar-refractivity contribution in [2.24, 2.45) is 5.73 Å². The van der Waals surface area contributed by atoms with E-state index in [-0.39, 0.29) is 18.4 Å². The standard InChI is InChI=1S/C17H21ClN4O2S/c18-14-6-2-1-4-12(14)11-25-17-21-20-16(8-7-15(19)23)22(17)10-13-5-3-9-24-13/h1-2,4,6,13H,3,5,7-11H2,(H2,19,23). The SMILES string of the molecule is NC(=O)CCc1nnc(SCc2ccccc2Cl)n1CC1CCCO1. The third-order valence-electron chi connectivity index (χ3n) is 4.11. The van der Waals surface area contributed by atoms with E-state index in [9.17, 15) is 4.79 Å². The third-order valence-corrected chi connectivity index (χ3v) is 5.50. The average molecular weight is 381 g/mol. The van der Waals surface area contributed by atoms with E-state index in [4.69, 9.17) is 22.1 Å². The quantitative estimate of drug-likeness (QED) is 0.712. The van der Waals surface area contributed by atoms with Gasteiger partial charge in [0.05, 0.1) is 12.6 Å². The highest BCUT2D eigenvalue weighted by Gasteiger charge is 2.21. The van der Waals surface area contributed by atoms with E-state index in [0.29, 0.717) is 18.7 Å². The lowest BCUT2D eigenvalue weighted by Crippen LogP contribution is -2.19. The molecule has 2 aromatic rings. The van der Waals surface area contributed by atoms with Crippen molar-refractivity contribution in [3.05, 3.63) is 40.7 Å². The predicted octanol–water partition coefficient (Wildman–Crippen LogP) is 2.82. The topological polar surface area (TPSA) is 83.0 Å². The monoisotopic (exact) mass is 380 g/mol. The first-order valence-electron chi connectivity index (χ1n) is 8.31. The highest BCUT2D eigenvalue weighted by molar-refractivity contribution is 7.98. The van der Waals surface area contributed by atoms with Gasteiger partial charge in [0.15, 0.2) is 5.16 Å². The zero-order valence-corrected chi connectivity index (χ0v) is 15.4. The van der Waals surface area contributed by atoms with E-state index in [1.165, 1.54) is 0 Å². The van der Waals surface area contributed by atoms with Gasteiger partial charge in [-0.15, -0.1) is 10.2 Å². The number of hydrogen-bond acceptors (Lipinski definition) is 5. The molecule has 1 aliphatic rings. The lowest BCUT2D eigenvalue weighted by atomic mass is 10.2. The van der Waals surface area contributed by atoms with Gasteiger partial charge in [-0.2, -0.15) is 0 Å². The Hall–Kier alpha value is -1.57. The van der Waals surface area contributed by atoms with Crippen LogP contribution in [0.2, 0.25) is 5.02 Å². The molecule has 6 nitrogen and oxygen atoms in total. The van der Waals surface area contributed by atoms with Crippen LogP contribution < -0.4 is 5.73 Å². The summed E-state index contributed by atoms with van der Waals surface area (Å²) >= 11 is 7.82. The van der Waals surface area contributed by atoms with Crippen molar-refractivity contribution in [2.45, 2.75) is 49.2 Å². The van der Waals surface area contributed by atoms with E-state index in [1.54, 1.807) is 11.8 Å². The van der Waals surface area contributed by atoms with Crippen molar-refractivity contribution in [1.82, 2.24) is 14.8 Å². The predicted molar refractivity (Wildman–Crippen MR) is 97.5 cm³/mol. The Kier molecular flexibility index (Phi) is 6.34. The van der Waals surface area contributed by atoms with Crippen LogP contribution >= 0.6 is 23.4 Å². The van der Waals surface area contributed by atoms with Crippen molar-refractivity contribution in [1.29, 1.82) is 0 Å². The van der Waals surface area contributed by atoms with Crippen molar-refractivity contribution in [2.75, 3.05) is 6.61 Å². The molecule has 1 aromatic carbocycles. The van der Waals surface area contributed by atoms with Gasteiger partial charge in [0, 0.05) is 30.2 Å². The van der Waals surface area contributed by atoms with Gasteiger partial charge >= 0.3 is 0 Å². The van der Waals surface area contributed by atoms with Gasteiger partial charge in [0.2, 0.25) is 5.91 Å². The minimum Gasteiger partial charge on any atom is -0.376 e. The molecular weight excluding hydrogens is 360 g/mol. The number of halogens is 1. The smallest absolute Gasteiger partial charge is 0.217 e. The molecule has 0 spiro atoms. The number of rotatable bonds is 8. The van der Waals surface area contributed by atoms with Crippen LogP contribution in [0.15, 0.2) is 29.4 Å². The Bertz CT molecular complexity index is 731. The molecule has 0 aliphatic carbocycles. The summed E-state index contributed by atoms with van der Waals surface area (Å²) in [5.41, 5.74) is 6.33. The molecule has 1 unspecified atom stereocenters. The highest BCUT2D eigenvalue weighted by Crippen LogP contribution is 2.27. The van der Waals surface area contributed by atoms with E-state index in [0.717, 1.165) is 41.0 Å². The maximum atomic E-state index is 11.1. The lowest BCUT2D eigenvalue weighted by Gasteiger charge is -2.14. The number of carbonyl (C=O) groups is 1. The third kappa shape index (κ3) is 4.96. The molecule has 8 heteroatoms. The van der Waals surface area contributed by atoms with Crippen LogP contribution in [0.3, 0.4) is 0 Å². The fourth-order valence-electron chi connectivity index (χ4n) is 2.78. The van der Waals surface area contributed by atoms with Gasteiger partial charge in [0.1, 0.15) is 5.82 Å². The van der Waals surface area contributed by atoms with Crippen LogP contribution in [0.5, 0.6) is 0 Å². The van der Waals surface area contributed by atoms with Crippen LogP contribution in [0, 0.1) is 0 Å². The molecular formula is C17H21ClN4O2S. The van der Waals surface area contributed by atoms with Crippen molar-refractivity contribution < 1.29 is 9.53 Å². The van der Waals surface area contributed by atoms with Gasteiger partial charge in [-0.05, 0) is 24.5 Å². The second-order valence-electron chi connectivity index (χ2n) is 5.99. The van der Waals surface area contributed by atoms with Gasteiger partial charge in [0.25, 0.3) is 0 Å². The summed E-state index contributed by atoms with van der Waals surface area (Å²) in [6, 6.07) is 7.77. The number of hydrogen-bond donors (Lipinski definition) is 1. The number of carbonyl (C=O) groups excluding carboxylic acids is 1. The Morgan fingerprint density at radius 2 is 2.24 bits per heavy atom. The number of amides is 1. The summed E-state index contributed by atoms with van der Waals surface area (Å²) in [4.78, 5) is 11.1. The lowest BCUT2D eigenvalue weighted by molar-refractivity contribution is -0.118. The number of benzene rings is 1.